The summed E-state index contributed by atoms with van der Waals surface area (Å²) in [6.45, 7) is 3.84. The third-order valence-corrected chi connectivity index (χ3v) is 5.04. The van der Waals surface area contributed by atoms with Crippen molar-refractivity contribution in [2.45, 2.75) is 25.9 Å². The number of hydrogen-bond donors (Lipinski definition) is 3. The van der Waals surface area contributed by atoms with Gasteiger partial charge in [0.05, 0.1) is 6.54 Å². The van der Waals surface area contributed by atoms with E-state index in [2.05, 4.69) is 20.6 Å². The summed E-state index contributed by atoms with van der Waals surface area (Å²) in [5.74, 6) is 0.523. The van der Waals surface area contributed by atoms with Gasteiger partial charge >= 0.3 is 6.18 Å². The molecule has 0 bridgehead atoms. The molecule has 1 saturated heterocycles. The number of aliphatic imine (C=N–C) groups is 1. The van der Waals surface area contributed by atoms with Crippen molar-refractivity contribution in [2.75, 3.05) is 39.3 Å². The van der Waals surface area contributed by atoms with E-state index >= 15 is 0 Å². The summed E-state index contributed by atoms with van der Waals surface area (Å²) in [5, 5.41) is 7.43. The average Bonchev–Trinajstić information content (AvgIpc) is 3.24. The molecular formula is C20H27F4N5. The lowest BCUT2D eigenvalue weighted by atomic mass is 10.1. The highest BCUT2D eigenvalue weighted by Crippen LogP contribution is 2.23. The van der Waals surface area contributed by atoms with Crippen LogP contribution in [-0.2, 0) is 6.42 Å². The fourth-order valence-electron chi connectivity index (χ4n) is 3.70. The quantitative estimate of drug-likeness (QED) is 0.371. The summed E-state index contributed by atoms with van der Waals surface area (Å²) in [7, 11) is 0. The van der Waals surface area contributed by atoms with Crippen LogP contribution in [0.25, 0.3) is 10.9 Å². The maximum atomic E-state index is 13.3. The van der Waals surface area contributed by atoms with Crippen LogP contribution in [-0.4, -0.2) is 61.3 Å². The topological polar surface area (TPSA) is 55.5 Å². The Kier molecular flexibility index (Phi) is 7.00. The third kappa shape index (κ3) is 6.35. The molecule has 0 amide bonds. The predicted octanol–water partition coefficient (Wildman–Crippen LogP) is 3.29. The molecular weight excluding hydrogens is 386 g/mol. The van der Waals surface area contributed by atoms with Crippen LogP contribution in [0, 0.1) is 11.7 Å². The van der Waals surface area contributed by atoms with Gasteiger partial charge in [-0.2, -0.15) is 13.2 Å². The van der Waals surface area contributed by atoms with Crippen LogP contribution in [0.5, 0.6) is 0 Å². The van der Waals surface area contributed by atoms with Gasteiger partial charge in [0.2, 0.25) is 0 Å². The van der Waals surface area contributed by atoms with Gasteiger partial charge in [0.25, 0.3) is 0 Å². The lowest BCUT2D eigenvalue weighted by Crippen LogP contribution is -2.38. The van der Waals surface area contributed by atoms with E-state index in [0.717, 1.165) is 29.3 Å². The lowest BCUT2D eigenvalue weighted by Gasteiger charge is -2.17. The first-order chi connectivity index (χ1) is 13.8. The normalized spacial score (nSPS) is 18.5. The highest BCUT2D eigenvalue weighted by Gasteiger charge is 2.34. The minimum absolute atomic E-state index is 0.135. The third-order valence-electron chi connectivity index (χ3n) is 5.04. The number of nitrogens with one attached hydrogen (secondary N) is 3. The molecule has 0 saturated carbocycles. The van der Waals surface area contributed by atoms with Crippen LogP contribution >= 0.6 is 0 Å². The Labute approximate surface area is 167 Å². The summed E-state index contributed by atoms with van der Waals surface area (Å²) in [6.07, 6.45) is -0.809. The molecule has 3 N–H and O–H groups in total. The van der Waals surface area contributed by atoms with Crippen molar-refractivity contribution in [3.63, 3.8) is 0 Å². The van der Waals surface area contributed by atoms with Crippen molar-refractivity contribution < 1.29 is 17.6 Å². The van der Waals surface area contributed by atoms with E-state index in [9.17, 15) is 17.6 Å². The summed E-state index contributed by atoms with van der Waals surface area (Å²) in [5.41, 5.74) is 1.85. The standard InChI is InChI=1S/C20H27F4N5/c1-2-25-19(28-10-14-6-8-29(12-14)13-20(22,23)24)26-7-5-15-11-27-18-9-16(21)3-4-17(15)18/h3-4,9,11,14,27H,2,5-8,10,12-13H2,1H3,(H2,25,26,28). The molecule has 1 aliphatic rings. The van der Waals surface area contributed by atoms with Gasteiger partial charge < -0.3 is 15.6 Å². The van der Waals surface area contributed by atoms with Crippen molar-refractivity contribution in [1.29, 1.82) is 0 Å². The Balaban J connectivity index is 1.49. The van der Waals surface area contributed by atoms with Gasteiger partial charge in [0.15, 0.2) is 5.96 Å². The zero-order valence-electron chi connectivity index (χ0n) is 16.4. The molecule has 0 spiro atoms. The molecule has 2 aromatic rings. The maximum absolute atomic E-state index is 13.3. The minimum atomic E-state index is -4.15. The molecule has 29 heavy (non-hydrogen) atoms. The van der Waals surface area contributed by atoms with E-state index < -0.39 is 12.7 Å². The molecule has 1 aromatic carbocycles. The van der Waals surface area contributed by atoms with Gasteiger partial charge in [-0.3, -0.25) is 9.89 Å². The highest BCUT2D eigenvalue weighted by atomic mass is 19.4. The SMILES string of the molecule is CCNC(=NCC1CCN(CC(F)(F)F)C1)NCCc1c[nH]c2cc(F)ccc12. The summed E-state index contributed by atoms with van der Waals surface area (Å²) >= 11 is 0. The van der Waals surface area contributed by atoms with Crippen molar-refractivity contribution in [1.82, 2.24) is 20.5 Å². The molecule has 2 heterocycles. The Morgan fingerprint density at radius 2 is 2.14 bits per heavy atom. The van der Waals surface area contributed by atoms with Gasteiger partial charge in [-0.15, -0.1) is 0 Å². The lowest BCUT2D eigenvalue weighted by molar-refractivity contribution is -0.143. The van der Waals surface area contributed by atoms with Crippen LogP contribution in [0.2, 0.25) is 0 Å². The minimum Gasteiger partial charge on any atom is -0.361 e. The fraction of sp³-hybridized carbons (Fsp3) is 0.550. The number of nitrogens with zero attached hydrogens (tertiary/aromatic N) is 2. The molecule has 1 unspecified atom stereocenters. The van der Waals surface area contributed by atoms with Gasteiger partial charge in [-0.1, -0.05) is 0 Å². The highest BCUT2D eigenvalue weighted by molar-refractivity contribution is 5.83. The molecule has 0 radical (unpaired) electrons. The number of hydrogen-bond acceptors (Lipinski definition) is 2. The number of H-pyrrole nitrogens is 1. The van der Waals surface area contributed by atoms with Gasteiger partial charge in [-0.05, 0) is 56.0 Å². The average molecular weight is 413 g/mol. The maximum Gasteiger partial charge on any atom is 0.401 e. The second-order valence-corrected chi connectivity index (χ2v) is 7.41. The van der Waals surface area contributed by atoms with Crippen molar-refractivity contribution in [3.8, 4) is 0 Å². The van der Waals surface area contributed by atoms with Crippen molar-refractivity contribution in [2.24, 2.45) is 10.9 Å². The van der Waals surface area contributed by atoms with E-state index in [0.29, 0.717) is 38.7 Å². The first-order valence-corrected chi connectivity index (χ1v) is 9.91. The fourth-order valence-corrected chi connectivity index (χ4v) is 3.70. The number of guanidine groups is 1. The van der Waals surface area contributed by atoms with Crippen LogP contribution < -0.4 is 10.6 Å². The molecule has 0 aliphatic carbocycles. The smallest absolute Gasteiger partial charge is 0.361 e. The summed E-state index contributed by atoms with van der Waals surface area (Å²) in [4.78, 5) is 9.07. The molecule has 1 fully saturated rings. The number of rotatable bonds is 7. The van der Waals surface area contributed by atoms with Crippen LogP contribution in [0.15, 0.2) is 29.4 Å². The van der Waals surface area contributed by atoms with E-state index in [1.807, 2.05) is 13.1 Å². The summed E-state index contributed by atoms with van der Waals surface area (Å²) in [6, 6.07) is 4.69. The van der Waals surface area contributed by atoms with Crippen LogP contribution in [0.4, 0.5) is 17.6 Å². The Morgan fingerprint density at radius 3 is 2.90 bits per heavy atom. The van der Waals surface area contributed by atoms with E-state index in [1.165, 1.54) is 17.0 Å². The van der Waals surface area contributed by atoms with E-state index in [-0.39, 0.29) is 11.7 Å². The number of fused-ring (bicyclic) bond motifs is 1. The van der Waals surface area contributed by atoms with Gasteiger partial charge in [0, 0.05) is 43.3 Å². The van der Waals surface area contributed by atoms with Crippen molar-refractivity contribution in [3.05, 3.63) is 35.8 Å². The Bertz CT molecular complexity index is 830. The van der Waals surface area contributed by atoms with E-state index in [4.69, 9.17) is 0 Å². The largest absolute Gasteiger partial charge is 0.401 e. The van der Waals surface area contributed by atoms with Gasteiger partial charge in [0.1, 0.15) is 5.82 Å². The Morgan fingerprint density at radius 1 is 1.31 bits per heavy atom. The number of benzene rings is 1. The zero-order valence-corrected chi connectivity index (χ0v) is 16.4. The molecule has 5 nitrogen and oxygen atoms in total. The first-order valence-electron chi connectivity index (χ1n) is 9.91. The molecule has 160 valence electrons. The first kappa shape index (κ1) is 21.4. The number of likely N-dealkylation sites (tertiary alicyclic amines) is 1. The second-order valence-electron chi connectivity index (χ2n) is 7.41. The molecule has 3 rings (SSSR count). The molecule has 1 atom stereocenters. The molecule has 9 heteroatoms. The monoisotopic (exact) mass is 413 g/mol. The predicted molar refractivity (Wildman–Crippen MR) is 107 cm³/mol. The molecule has 1 aromatic heterocycles. The number of halogens is 4. The van der Waals surface area contributed by atoms with Crippen LogP contribution in [0.1, 0.15) is 18.9 Å². The summed E-state index contributed by atoms with van der Waals surface area (Å²) < 4.78 is 50.8. The van der Waals surface area contributed by atoms with Crippen molar-refractivity contribution >= 4 is 16.9 Å². The second kappa shape index (κ2) is 9.47. The number of aromatic nitrogens is 1. The van der Waals surface area contributed by atoms with Gasteiger partial charge in [-0.25, -0.2) is 4.39 Å². The zero-order chi connectivity index (χ0) is 20.9. The van der Waals surface area contributed by atoms with E-state index in [1.54, 1.807) is 6.07 Å². The number of aromatic amines is 1. The molecule has 1 aliphatic heterocycles. The number of alkyl halides is 3. The Hall–Kier alpha value is -2.29. The van der Waals surface area contributed by atoms with Crippen LogP contribution in [0.3, 0.4) is 0 Å².